The van der Waals surface area contributed by atoms with Gasteiger partial charge in [0.05, 0.1) is 19.2 Å². The van der Waals surface area contributed by atoms with Crippen molar-refractivity contribution < 1.29 is 19.4 Å². The summed E-state index contributed by atoms with van der Waals surface area (Å²) in [5, 5.41) is 8.89. The number of carbonyl (C=O) groups is 2. The fraction of sp³-hybridized carbons (Fsp3) is 0.385. The van der Waals surface area contributed by atoms with Gasteiger partial charge >= 0.3 is 5.97 Å². The van der Waals surface area contributed by atoms with Crippen LogP contribution in [0.25, 0.3) is 0 Å². The molecule has 1 aliphatic rings. The third-order valence-corrected chi connectivity index (χ3v) is 3.25. The maximum absolute atomic E-state index is 11.8. The number of anilines is 1. The normalized spacial score (nSPS) is 18.4. The van der Waals surface area contributed by atoms with E-state index in [2.05, 4.69) is 0 Å². The van der Waals surface area contributed by atoms with Gasteiger partial charge in [-0.3, -0.25) is 9.59 Å². The van der Waals surface area contributed by atoms with Crippen molar-refractivity contribution in [3.8, 4) is 5.75 Å². The van der Waals surface area contributed by atoms with Gasteiger partial charge < -0.3 is 14.7 Å². The van der Waals surface area contributed by atoms with Crippen LogP contribution in [-0.2, 0) is 9.59 Å². The van der Waals surface area contributed by atoms with Crippen molar-refractivity contribution >= 4 is 17.6 Å². The molecule has 1 unspecified atom stereocenters. The number of carboxylic acid groups (broad SMARTS) is 1. The Morgan fingerprint density at radius 3 is 2.89 bits per heavy atom. The summed E-state index contributed by atoms with van der Waals surface area (Å²) in [5.41, 5.74) is 1.62. The molecule has 18 heavy (non-hydrogen) atoms. The monoisotopic (exact) mass is 249 g/mol. The van der Waals surface area contributed by atoms with Crippen molar-refractivity contribution in [3.05, 3.63) is 23.8 Å². The lowest BCUT2D eigenvalue weighted by molar-refractivity contribution is -0.137. The summed E-state index contributed by atoms with van der Waals surface area (Å²) in [6, 6.07) is 5.39. The molecule has 5 heteroatoms. The van der Waals surface area contributed by atoms with Gasteiger partial charge in [-0.2, -0.15) is 0 Å². The van der Waals surface area contributed by atoms with Gasteiger partial charge in [-0.1, -0.05) is 6.07 Å². The lowest BCUT2D eigenvalue weighted by Gasteiger charge is -2.31. The zero-order valence-corrected chi connectivity index (χ0v) is 10.3. The first-order valence-electron chi connectivity index (χ1n) is 5.69. The second-order valence-electron chi connectivity index (χ2n) is 4.38. The molecule has 0 saturated heterocycles. The van der Waals surface area contributed by atoms with E-state index < -0.39 is 5.97 Å². The molecular formula is C13H15NO4. The Kier molecular flexibility index (Phi) is 3.23. The highest BCUT2D eigenvalue weighted by Gasteiger charge is 2.30. The predicted octanol–water partition coefficient (Wildman–Crippen LogP) is 1.62. The Balaban J connectivity index is 2.44. The smallest absolute Gasteiger partial charge is 0.303 e. The van der Waals surface area contributed by atoms with Crippen LogP contribution in [0.15, 0.2) is 18.2 Å². The van der Waals surface area contributed by atoms with Crippen LogP contribution in [0.2, 0.25) is 0 Å². The number of rotatable bonds is 3. The Labute approximate surface area is 105 Å². The molecule has 1 aromatic rings. The summed E-state index contributed by atoms with van der Waals surface area (Å²) in [5.74, 6) is -0.558. The van der Waals surface area contributed by atoms with Gasteiger partial charge in [0.1, 0.15) is 5.75 Å². The van der Waals surface area contributed by atoms with Crippen LogP contribution in [0.4, 0.5) is 5.69 Å². The number of aliphatic carboxylic acids is 1. The topological polar surface area (TPSA) is 66.8 Å². The van der Waals surface area contributed by atoms with E-state index in [0.717, 1.165) is 11.3 Å². The first-order chi connectivity index (χ1) is 8.52. The van der Waals surface area contributed by atoms with E-state index in [9.17, 15) is 9.59 Å². The van der Waals surface area contributed by atoms with Gasteiger partial charge in [-0.05, 0) is 11.6 Å². The van der Waals surface area contributed by atoms with Crippen molar-refractivity contribution in [1.29, 1.82) is 0 Å². The number of amides is 1. The van der Waals surface area contributed by atoms with E-state index in [-0.39, 0.29) is 24.7 Å². The maximum Gasteiger partial charge on any atom is 0.303 e. The van der Waals surface area contributed by atoms with E-state index in [1.165, 1.54) is 0 Å². The predicted molar refractivity (Wildman–Crippen MR) is 66.0 cm³/mol. The van der Waals surface area contributed by atoms with Crippen molar-refractivity contribution in [2.75, 3.05) is 19.1 Å². The van der Waals surface area contributed by atoms with E-state index in [1.54, 1.807) is 31.2 Å². The molecule has 1 atom stereocenters. The SMILES string of the molecule is COc1ccc2c(c1)N(C)C(=O)CC2CC(=O)O. The molecule has 0 bridgehead atoms. The molecule has 0 aromatic heterocycles. The Morgan fingerprint density at radius 1 is 1.56 bits per heavy atom. The molecule has 0 fully saturated rings. The molecule has 1 amide bonds. The molecule has 0 spiro atoms. The molecule has 1 aromatic carbocycles. The molecule has 1 heterocycles. The quantitative estimate of drug-likeness (QED) is 0.884. The zero-order valence-electron chi connectivity index (χ0n) is 10.3. The van der Waals surface area contributed by atoms with E-state index in [1.807, 2.05) is 6.07 Å². The summed E-state index contributed by atoms with van der Waals surface area (Å²) in [4.78, 5) is 24.2. The highest BCUT2D eigenvalue weighted by atomic mass is 16.5. The summed E-state index contributed by atoms with van der Waals surface area (Å²) in [6.45, 7) is 0. The third kappa shape index (κ3) is 2.16. The lowest BCUT2D eigenvalue weighted by Crippen LogP contribution is -2.33. The van der Waals surface area contributed by atoms with Crippen LogP contribution >= 0.6 is 0 Å². The minimum Gasteiger partial charge on any atom is -0.497 e. The molecule has 2 rings (SSSR count). The standard InChI is InChI=1S/C13H15NO4/c1-14-11-7-9(18-2)3-4-10(11)8(5-12(14)15)6-13(16)17/h3-4,7-8H,5-6H2,1-2H3,(H,16,17). The first-order valence-corrected chi connectivity index (χ1v) is 5.69. The number of carbonyl (C=O) groups excluding carboxylic acids is 1. The molecule has 0 aliphatic carbocycles. The number of benzene rings is 1. The highest BCUT2D eigenvalue weighted by Crippen LogP contribution is 2.39. The number of methoxy groups -OCH3 is 1. The van der Waals surface area contributed by atoms with E-state index in [0.29, 0.717) is 5.75 Å². The number of ether oxygens (including phenoxy) is 1. The molecular weight excluding hydrogens is 234 g/mol. The largest absolute Gasteiger partial charge is 0.497 e. The molecule has 0 saturated carbocycles. The average Bonchev–Trinajstić information content (AvgIpc) is 2.34. The van der Waals surface area contributed by atoms with E-state index in [4.69, 9.17) is 9.84 Å². The zero-order chi connectivity index (χ0) is 13.3. The average molecular weight is 249 g/mol. The molecule has 1 aliphatic heterocycles. The summed E-state index contributed by atoms with van der Waals surface area (Å²) < 4.78 is 5.13. The number of hydrogen-bond donors (Lipinski definition) is 1. The Bertz CT molecular complexity index is 498. The van der Waals surface area contributed by atoms with Gasteiger partial charge in [-0.25, -0.2) is 0 Å². The minimum absolute atomic E-state index is 0.0289. The fourth-order valence-electron chi connectivity index (χ4n) is 2.27. The maximum atomic E-state index is 11.8. The molecule has 1 N–H and O–H groups in total. The second-order valence-corrected chi connectivity index (χ2v) is 4.38. The number of fused-ring (bicyclic) bond motifs is 1. The molecule has 0 radical (unpaired) electrons. The van der Waals surface area contributed by atoms with Crippen molar-refractivity contribution in [3.63, 3.8) is 0 Å². The van der Waals surface area contributed by atoms with Crippen LogP contribution in [-0.4, -0.2) is 31.1 Å². The van der Waals surface area contributed by atoms with Crippen LogP contribution in [0, 0.1) is 0 Å². The van der Waals surface area contributed by atoms with Crippen molar-refractivity contribution in [2.45, 2.75) is 18.8 Å². The van der Waals surface area contributed by atoms with Crippen LogP contribution in [0.5, 0.6) is 5.75 Å². The fourth-order valence-corrected chi connectivity index (χ4v) is 2.27. The van der Waals surface area contributed by atoms with Gasteiger partial charge in [0.25, 0.3) is 0 Å². The number of hydrogen-bond acceptors (Lipinski definition) is 3. The first kappa shape index (κ1) is 12.4. The lowest BCUT2D eigenvalue weighted by atomic mass is 9.87. The van der Waals surface area contributed by atoms with E-state index >= 15 is 0 Å². The third-order valence-electron chi connectivity index (χ3n) is 3.25. The van der Waals surface area contributed by atoms with Crippen molar-refractivity contribution in [2.24, 2.45) is 0 Å². The minimum atomic E-state index is -0.890. The van der Waals surface area contributed by atoms with Crippen LogP contribution < -0.4 is 9.64 Å². The second kappa shape index (κ2) is 4.68. The Morgan fingerprint density at radius 2 is 2.28 bits per heavy atom. The summed E-state index contributed by atoms with van der Waals surface area (Å²) in [7, 11) is 3.25. The number of carboxylic acids is 1. The van der Waals surface area contributed by atoms with Crippen molar-refractivity contribution in [1.82, 2.24) is 0 Å². The molecule has 5 nitrogen and oxygen atoms in total. The van der Waals surface area contributed by atoms with Gasteiger partial charge in [-0.15, -0.1) is 0 Å². The van der Waals surface area contributed by atoms with Crippen LogP contribution in [0.1, 0.15) is 24.3 Å². The van der Waals surface area contributed by atoms with Gasteiger partial charge in [0.15, 0.2) is 0 Å². The van der Waals surface area contributed by atoms with Gasteiger partial charge in [0, 0.05) is 25.5 Å². The van der Waals surface area contributed by atoms with Gasteiger partial charge in [0.2, 0.25) is 5.91 Å². The molecule has 96 valence electrons. The Hall–Kier alpha value is -2.04. The summed E-state index contributed by atoms with van der Waals surface area (Å²) >= 11 is 0. The summed E-state index contributed by atoms with van der Waals surface area (Å²) in [6.07, 6.45) is 0.209. The number of nitrogens with zero attached hydrogens (tertiary/aromatic N) is 1. The highest BCUT2D eigenvalue weighted by molar-refractivity contribution is 5.97. The van der Waals surface area contributed by atoms with Crippen LogP contribution in [0.3, 0.4) is 0 Å².